The number of fused-ring (bicyclic) bond motifs is 3. The zero-order valence-corrected chi connectivity index (χ0v) is 23.4. The summed E-state index contributed by atoms with van der Waals surface area (Å²) < 4.78 is 15.9. The number of benzene rings is 2. The van der Waals surface area contributed by atoms with E-state index in [9.17, 15) is 9.59 Å². The molecule has 5 N–H and O–H groups in total. The number of halogens is 3. The first-order valence-corrected chi connectivity index (χ1v) is 14.9. The summed E-state index contributed by atoms with van der Waals surface area (Å²) >= 11 is 12.6. The predicted molar refractivity (Wildman–Crippen MR) is 152 cm³/mol. The van der Waals surface area contributed by atoms with Crippen molar-refractivity contribution < 1.29 is 14.0 Å². The monoisotopic (exact) mass is 572 g/mol. The second-order valence-corrected chi connectivity index (χ2v) is 12.6. The fourth-order valence-corrected chi connectivity index (χ4v) is 8.41. The molecule has 0 radical (unpaired) electrons. The molecule has 2 spiro atoms. The van der Waals surface area contributed by atoms with Gasteiger partial charge in [0.05, 0.1) is 11.1 Å². The lowest BCUT2D eigenvalue weighted by molar-refractivity contribution is -0.124. The third-order valence-electron chi connectivity index (χ3n) is 9.83. The van der Waals surface area contributed by atoms with Crippen LogP contribution in [-0.4, -0.2) is 36.0 Å². The molecule has 2 heterocycles. The Morgan fingerprint density at radius 2 is 1.82 bits per heavy atom. The van der Waals surface area contributed by atoms with Gasteiger partial charge in [0, 0.05) is 28.2 Å². The number of hydrogen-bond acceptors (Lipinski definition) is 4. The SMILES string of the molecule is NCC1CCC(NC(=O)[C@@H]2NC3(CCCCC3)[C@@]3(C(=O)Nc4cc(Cl)ccc43)[C@H]2c2cccc(Cl)c2F)CC1. The molecule has 0 aromatic heterocycles. The molecule has 1 saturated heterocycles. The first kappa shape index (κ1) is 27.0. The van der Waals surface area contributed by atoms with Gasteiger partial charge in [0.2, 0.25) is 11.8 Å². The smallest absolute Gasteiger partial charge is 0.238 e. The van der Waals surface area contributed by atoms with Crippen LogP contribution in [0.15, 0.2) is 36.4 Å². The number of anilines is 1. The third kappa shape index (κ3) is 4.19. The van der Waals surface area contributed by atoms with Crippen molar-refractivity contribution in [2.24, 2.45) is 11.7 Å². The van der Waals surface area contributed by atoms with Gasteiger partial charge in [-0.3, -0.25) is 14.9 Å². The topological polar surface area (TPSA) is 96.2 Å². The minimum Gasteiger partial charge on any atom is -0.352 e. The Kier molecular flexibility index (Phi) is 7.15. The highest BCUT2D eigenvalue weighted by atomic mass is 35.5. The van der Waals surface area contributed by atoms with Crippen molar-refractivity contribution >= 4 is 40.7 Å². The Labute approximate surface area is 238 Å². The van der Waals surface area contributed by atoms with Crippen molar-refractivity contribution in [2.75, 3.05) is 11.9 Å². The second-order valence-electron chi connectivity index (χ2n) is 11.8. The maximum atomic E-state index is 15.9. The lowest BCUT2D eigenvalue weighted by Gasteiger charge is -2.47. The Morgan fingerprint density at radius 1 is 1.08 bits per heavy atom. The summed E-state index contributed by atoms with van der Waals surface area (Å²) in [7, 11) is 0. The predicted octanol–water partition coefficient (Wildman–Crippen LogP) is 5.41. The number of nitrogens with two attached hydrogens (primary N) is 1. The molecule has 4 aliphatic rings. The lowest BCUT2D eigenvalue weighted by Crippen LogP contribution is -2.60. The highest BCUT2D eigenvalue weighted by molar-refractivity contribution is 6.31. The molecule has 6 rings (SSSR count). The Hall–Kier alpha value is -2.19. The van der Waals surface area contributed by atoms with Gasteiger partial charge in [-0.1, -0.05) is 60.7 Å². The number of nitrogens with one attached hydrogen (secondary N) is 3. The molecule has 9 heteroatoms. The highest BCUT2D eigenvalue weighted by Crippen LogP contribution is 2.62. The number of carbonyl (C=O) groups is 2. The van der Waals surface area contributed by atoms with Gasteiger partial charge >= 0.3 is 0 Å². The molecule has 2 aromatic carbocycles. The van der Waals surface area contributed by atoms with Crippen molar-refractivity contribution in [2.45, 2.75) is 86.7 Å². The van der Waals surface area contributed by atoms with Gasteiger partial charge < -0.3 is 16.4 Å². The minimum absolute atomic E-state index is 0.0225. The maximum absolute atomic E-state index is 15.9. The molecule has 2 aliphatic carbocycles. The van der Waals surface area contributed by atoms with Crippen LogP contribution in [0.25, 0.3) is 0 Å². The summed E-state index contributed by atoms with van der Waals surface area (Å²) in [5, 5.41) is 10.5. The van der Waals surface area contributed by atoms with E-state index < -0.39 is 28.7 Å². The van der Waals surface area contributed by atoms with Crippen LogP contribution in [0, 0.1) is 11.7 Å². The van der Waals surface area contributed by atoms with E-state index in [0.29, 0.717) is 36.0 Å². The molecule has 208 valence electrons. The van der Waals surface area contributed by atoms with Crippen LogP contribution >= 0.6 is 23.2 Å². The summed E-state index contributed by atoms with van der Waals surface area (Å²) in [5.41, 5.74) is 5.59. The van der Waals surface area contributed by atoms with Crippen LogP contribution in [0.5, 0.6) is 0 Å². The zero-order valence-electron chi connectivity index (χ0n) is 21.9. The highest BCUT2D eigenvalue weighted by Gasteiger charge is 2.72. The molecular formula is C30H35Cl2FN4O2. The first-order valence-electron chi connectivity index (χ1n) is 14.1. The van der Waals surface area contributed by atoms with Crippen LogP contribution < -0.4 is 21.7 Å². The van der Waals surface area contributed by atoms with Gasteiger partial charge in [-0.15, -0.1) is 0 Å². The van der Waals surface area contributed by atoms with Crippen LogP contribution in [0.4, 0.5) is 10.1 Å². The molecule has 3 atom stereocenters. The van der Waals surface area contributed by atoms with E-state index in [2.05, 4.69) is 16.0 Å². The maximum Gasteiger partial charge on any atom is 0.238 e. The first-order chi connectivity index (χ1) is 18.8. The van der Waals surface area contributed by atoms with E-state index >= 15 is 4.39 Å². The average Bonchev–Trinajstić information content (AvgIpc) is 3.38. The summed E-state index contributed by atoms with van der Waals surface area (Å²) in [6, 6.07) is 9.45. The van der Waals surface area contributed by atoms with Gasteiger partial charge in [0.1, 0.15) is 11.2 Å². The summed E-state index contributed by atoms with van der Waals surface area (Å²) in [6.07, 6.45) is 7.92. The van der Waals surface area contributed by atoms with Gasteiger partial charge in [-0.25, -0.2) is 4.39 Å². The van der Waals surface area contributed by atoms with E-state index in [4.69, 9.17) is 28.9 Å². The number of carbonyl (C=O) groups excluding carboxylic acids is 2. The molecule has 2 aromatic rings. The molecule has 6 nitrogen and oxygen atoms in total. The van der Waals surface area contributed by atoms with Crippen molar-refractivity contribution in [1.82, 2.24) is 10.6 Å². The Bertz CT molecular complexity index is 1290. The van der Waals surface area contributed by atoms with Gasteiger partial charge in [0.15, 0.2) is 0 Å². The summed E-state index contributed by atoms with van der Waals surface area (Å²) in [4.78, 5) is 28.5. The van der Waals surface area contributed by atoms with Gasteiger partial charge in [-0.05, 0) is 80.3 Å². The molecule has 2 amide bonds. The standard InChI is InChI=1S/C30H35Cl2FN4O2/c31-18-9-12-21-23(15-18)36-28(39)30(21)24(20-5-4-6-22(32)25(20)33)26(37-29(30)13-2-1-3-14-29)27(38)35-19-10-7-17(16-34)8-11-19/h4-6,9,12,15,17,19,24,26,37H,1-3,7-8,10-11,13-14,16,34H2,(H,35,38)(H,36,39)/t17?,19?,24-,26+,30+/m0/s1. The van der Waals surface area contributed by atoms with Crippen molar-refractivity contribution in [3.63, 3.8) is 0 Å². The van der Waals surface area contributed by atoms with Crippen LogP contribution in [0.3, 0.4) is 0 Å². The molecule has 3 fully saturated rings. The van der Waals surface area contributed by atoms with E-state index in [1.165, 1.54) is 6.07 Å². The average molecular weight is 574 g/mol. The van der Waals surface area contributed by atoms with E-state index in [0.717, 1.165) is 50.5 Å². The lowest BCUT2D eigenvalue weighted by atomic mass is 9.55. The fourth-order valence-electron chi connectivity index (χ4n) is 8.05. The van der Waals surface area contributed by atoms with Crippen LogP contribution in [0.2, 0.25) is 10.0 Å². The second kappa shape index (κ2) is 10.3. The number of hydrogen-bond donors (Lipinski definition) is 4. The molecule has 2 aliphatic heterocycles. The van der Waals surface area contributed by atoms with Crippen LogP contribution in [-0.2, 0) is 15.0 Å². The molecule has 2 saturated carbocycles. The van der Waals surface area contributed by atoms with Gasteiger partial charge in [-0.2, -0.15) is 0 Å². The largest absolute Gasteiger partial charge is 0.352 e. The molecule has 39 heavy (non-hydrogen) atoms. The summed E-state index contributed by atoms with van der Waals surface area (Å²) in [6.45, 7) is 0.657. The van der Waals surface area contributed by atoms with Crippen molar-refractivity contribution in [3.8, 4) is 0 Å². The fraction of sp³-hybridized carbons (Fsp3) is 0.533. The Balaban J connectivity index is 1.50. The minimum atomic E-state index is -1.21. The Morgan fingerprint density at radius 3 is 2.54 bits per heavy atom. The van der Waals surface area contributed by atoms with Crippen LogP contribution in [0.1, 0.15) is 74.8 Å². The van der Waals surface area contributed by atoms with Crippen molar-refractivity contribution in [1.29, 1.82) is 0 Å². The molecular weight excluding hydrogens is 538 g/mol. The molecule has 0 bridgehead atoms. The van der Waals surface area contributed by atoms with E-state index in [1.807, 2.05) is 6.07 Å². The summed E-state index contributed by atoms with van der Waals surface area (Å²) in [5.74, 6) is -1.34. The van der Waals surface area contributed by atoms with E-state index in [1.54, 1.807) is 24.3 Å². The molecule has 0 unspecified atom stereocenters. The normalized spacial score (nSPS) is 31.3. The number of amides is 2. The quantitative estimate of drug-likeness (QED) is 0.393. The number of rotatable bonds is 4. The van der Waals surface area contributed by atoms with Crippen molar-refractivity contribution in [3.05, 3.63) is 63.4 Å². The van der Waals surface area contributed by atoms with Gasteiger partial charge in [0.25, 0.3) is 0 Å². The zero-order chi connectivity index (χ0) is 27.4. The van der Waals surface area contributed by atoms with E-state index in [-0.39, 0.29) is 28.4 Å². The third-order valence-corrected chi connectivity index (χ3v) is 10.4.